The number of hydrogen-bond acceptors (Lipinski definition) is 6. The summed E-state index contributed by atoms with van der Waals surface area (Å²) in [5, 5.41) is 17.9. The van der Waals surface area contributed by atoms with E-state index in [2.05, 4.69) is 15.5 Å². The highest BCUT2D eigenvalue weighted by Gasteiger charge is 2.11. The molecule has 8 heteroatoms. The normalized spacial score (nSPS) is 11.7. The monoisotopic (exact) mass is 349 g/mol. The van der Waals surface area contributed by atoms with E-state index in [0.29, 0.717) is 27.6 Å². The van der Waals surface area contributed by atoms with Gasteiger partial charge in [-0.15, -0.1) is 11.3 Å². The highest BCUT2D eigenvalue weighted by molar-refractivity contribution is 7.16. The van der Waals surface area contributed by atoms with Crippen molar-refractivity contribution in [3.8, 4) is 0 Å². The molecule has 0 saturated heterocycles. The maximum absolute atomic E-state index is 11.9. The van der Waals surface area contributed by atoms with Crippen LogP contribution in [0.4, 0.5) is 0 Å². The molecule has 2 rings (SSSR count). The lowest BCUT2D eigenvalue weighted by atomic mass is 10.1. The smallest absolute Gasteiger partial charge is 0.225 e. The van der Waals surface area contributed by atoms with Gasteiger partial charge in [0.05, 0.1) is 16.7 Å². The molecule has 4 N–H and O–H groups in total. The number of amides is 1. The van der Waals surface area contributed by atoms with Crippen LogP contribution in [0.5, 0.6) is 0 Å². The molecule has 0 spiro atoms. The molecule has 2 aromatic rings. The number of amidine groups is 1. The highest BCUT2D eigenvalue weighted by atomic mass is 35.5. The standard InChI is InChI=1S/C15H16ClN5OS/c1-9(14(17)10-6-7-19-20-8-10)15(18)21-13(22)5-3-11-2-4-12(16)23-11/h2,4,6-8H,3,5,17H2,1H3,(H2,18,21,22). The van der Waals surface area contributed by atoms with E-state index in [0.717, 1.165) is 4.88 Å². The Bertz CT molecular complexity index is 741. The maximum Gasteiger partial charge on any atom is 0.225 e. The molecule has 0 bridgehead atoms. The molecule has 2 aromatic heterocycles. The van der Waals surface area contributed by atoms with Crippen molar-refractivity contribution in [3.05, 3.63) is 50.9 Å². The van der Waals surface area contributed by atoms with E-state index >= 15 is 0 Å². The number of nitrogens with one attached hydrogen (secondary N) is 2. The van der Waals surface area contributed by atoms with Crippen LogP contribution in [-0.4, -0.2) is 21.9 Å². The number of thiophene rings is 1. The Morgan fingerprint density at radius 1 is 1.39 bits per heavy atom. The Hall–Kier alpha value is -2.25. The molecule has 1 amide bonds. The van der Waals surface area contributed by atoms with Crippen LogP contribution in [0.15, 0.2) is 36.2 Å². The number of aromatic nitrogens is 2. The van der Waals surface area contributed by atoms with Gasteiger partial charge in [-0.2, -0.15) is 10.2 Å². The number of rotatable bonds is 5. The molecule has 0 aromatic carbocycles. The summed E-state index contributed by atoms with van der Waals surface area (Å²) >= 11 is 7.30. The van der Waals surface area contributed by atoms with Crippen LogP contribution < -0.4 is 11.1 Å². The van der Waals surface area contributed by atoms with E-state index in [-0.39, 0.29) is 18.2 Å². The van der Waals surface area contributed by atoms with Gasteiger partial charge in [-0.05, 0) is 31.5 Å². The summed E-state index contributed by atoms with van der Waals surface area (Å²) < 4.78 is 0.700. The van der Waals surface area contributed by atoms with Crippen LogP contribution in [0.1, 0.15) is 23.8 Å². The van der Waals surface area contributed by atoms with E-state index in [4.69, 9.17) is 22.7 Å². The molecule has 0 fully saturated rings. The molecule has 0 atom stereocenters. The van der Waals surface area contributed by atoms with Crippen LogP contribution in [0, 0.1) is 5.41 Å². The van der Waals surface area contributed by atoms with Gasteiger partial charge in [0.15, 0.2) is 0 Å². The third-order valence-electron chi connectivity index (χ3n) is 3.17. The van der Waals surface area contributed by atoms with Crippen molar-refractivity contribution < 1.29 is 4.79 Å². The third kappa shape index (κ3) is 4.87. The van der Waals surface area contributed by atoms with Crippen LogP contribution >= 0.6 is 22.9 Å². The van der Waals surface area contributed by atoms with Crippen LogP contribution in [0.2, 0.25) is 4.34 Å². The Morgan fingerprint density at radius 3 is 2.78 bits per heavy atom. The molecular formula is C15H16ClN5OS. The number of hydrogen-bond donors (Lipinski definition) is 3. The number of aryl methyl sites for hydroxylation is 1. The molecule has 23 heavy (non-hydrogen) atoms. The topological polar surface area (TPSA) is 105 Å². The molecule has 0 unspecified atom stereocenters. The quantitative estimate of drug-likeness (QED) is 0.570. The van der Waals surface area contributed by atoms with Crippen molar-refractivity contribution in [3.63, 3.8) is 0 Å². The first-order valence-electron chi connectivity index (χ1n) is 6.83. The number of halogens is 1. The Balaban J connectivity index is 1.93. The van der Waals surface area contributed by atoms with Gasteiger partial charge in [0, 0.05) is 28.1 Å². The fourth-order valence-corrected chi connectivity index (χ4v) is 2.91. The average Bonchev–Trinajstić information content (AvgIpc) is 2.97. The number of nitrogens with two attached hydrogens (primary N) is 1. The first-order chi connectivity index (χ1) is 11.0. The number of nitrogens with zero attached hydrogens (tertiary/aromatic N) is 2. The molecule has 6 nitrogen and oxygen atoms in total. The zero-order chi connectivity index (χ0) is 16.8. The summed E-state index contributed by atoms with van der Waals surface area (Å²) in [5.41, 5.74) is 7.51. The molecular weight excluding hydrogens is 334 g/mol. The summed E-state index contributed by atoms with van der Waals surface area (Å²) in [7, 11) is 0. The van der Waals surface area contributed by atoms with Crippen molar-refractivity contribution in [2.45, 2.75) is 19.8 Å². The predicted molar refractivity (Wildman–Crippen MR) is 92.3 cm³/mol. The summed E-state index contributed by atoms with van der Waals surface area (Å²) in [6.45, 7) is 1.68. The lowest BCUT2D eigenvalue weighted by molar-refractivity contribution is -0.119. The molecule has 0 radical (unpaired) electrons. The summed E-state index contributed by atoms with van der Waals surface area (Å²) in [4.78, 5) is 13.0. The van der Waals surface area contributed by atoms with E-state index in [1.807, 2.05) is 6.07 Å². The zero-order valence-electron chi connectivity index (χ0n) is 12.5. The third-order valence-corrected chi connectivity index (χ3v) is 4.46. The van der Waals surface area contributed by atoms with Crippen molar-refractivity contribution in [1.29, 1.82) is 5.41 Å². The molecule has 0 aliphatic rings. The Labute approximate surface area is 142 Å². The lowest BCUT2D eigenvalue weighted by Crippen LogP contribution is -2.31. The Morgan fingerprint density at radius 2 is 2.17 bits per heavy atom. The van der Waals surface area contributed by atoms with Crippen molar-refractivity contribution >= 4 is 40.4 Å². The first kappa shape index (κ1) is 17.1. The second-order valence-electron chi connectivity index (χ2n) is 4.80. The second-order valence-corrected chi connectivity index (χ2v) is 6.60. The van der Waals surface area contributed by atoms with Crippen LogP contribution in [-0.2, 0) is 11.2 Å². The van der Waals surface area contributed by atoms with Gasteiger partial charge in [-0.25, -0.2) is 0 Å². The number of carbonyl (C=O) groups excluding carboxylic acids is 1. The first-order valence-corrected chi connectivity index (χ1v) is 8.03. The van der Waals surface area contributed by atoms with Gasteiger partial charge in [0.1, 0.15) is 5.84 Å². The minimum Gasteiger partial charge on any atom is -0.398 e. The SMILES string of the molecule is CC(C(=N)NC(=O)CCc1ccc(Cl)s1)=C(N)c1ccnnc1. The highest BCUT2D eigenvalue weighted by Crippen LogP contribution is 2.22. The van der Waals surface area contributed by atoms with Crippen molar-refractivity contribution in [2.24, 2.45) is 5.73 Å². The maximum atomic E-state index is 11.9. The number of carbonyl (C=O) groups is 1. The van der Waals surface area contributed by atoms with Gasteiger partial charge in [-0.1, -0.05) is 11.6 Å². The van der Waals surface area contributed by atoms with Gasteiger partial charge >= 0.3 is 0 Å². The molecule has 0 aliphatic heterocycles. The lowest BCUT2D eigenvalue weighted by Gasteiger charge is -2.10. The van der Waals surface area contributed by atoms with E-state index in [9.17, 15) is 4.79 Å². The van der Waals surface area contributed by atoms with E-state index < -0.39 is 0 Å². The fraction of sp³-hybridized carbons (Fsp3) is 0.200. The van der Waals surface area contributed by atoms with Gasteiger partial charge in [0.25, 0.3) is 0 Å². The second kappa shape index (κ2) is 7.85. The molecule has 0 saturated carbocycles. The summed E-state index contributed by atoms with van der Waals surface area (Å²) in [5.74, 6) is -0.256. The van der Waals surface area contributed by atoms with Crippen molar-refractivity contribution in [1.82, 2.24) is 15.5 Å². The largest absolute Gasteiger partial charge is 0.398 e. The fourth-order valence-electron chi connectivity index (χ4n) is 1.82. The summed E-state index contributed by atoms with van der Waals surface area (Å²) in [6, 6.07) is 5.39. The minimum absolute atomic E-state index is 0.0199. The van der Waals surface area contributed by atoms with E-state index in [1.54, 1.807) is 19.1 Å². The summed E-state index contributed by atoms with van der Waals surface area (Å²) in [6.07, 6.45) is 3.89. The minimum atomic E-state index is -0.237. The van der Waals surface area contributed by atoms with Gasteiger partial charge in [-0.3, -0.25) is 10.2 Å². The molecule has 120 valence electrons. The predicted octanol–water partition coefficient (Wildman–Crippen LogP) is 2.61. The average molecular weight is 350 g/mol. The van der Waals surface area contributed by atoms with E-state index in [1.165, 1.54) is 23.7 Å². The Kier molecular flexibility index (Phi) is 5.84. The van der Waals surface area contributed by atoms with Gasteiger partial charge in [0.2, 0.25) is 5.91 Å². The van der Waals surface area contributed by atoms with Crippen molar-refractivity contribution in [2.75, 3.05) is 0 Å². The van der Waals surface area contributed by atoms with Gasteiger partial charge < -0.3 is 11.1 Å². The molecule has 0 aliphatic carbocycles. The molecule has 2 heterocycles. The van der Waals surface area contributed by atoms with Crippen LogP contribution in [0.25, 0.3) is 5.70 Å². The van der Waals surface area contributed by atoms with Crippen LogP contribution in [0.3, 0.4) is 0 Å². The zero-order valence-corrected chi connectivity index (χ0v) is 14.0.